The highest BCUT2D eigenvalue weighted by Crippen LogP contribution is 2.39. The zero-order valence-electron chi connectivity index (χ0n) is 18.0. The summed E-state index contributed by atoms with van der Waals surface area (Å²) in [5.74, 6) is 0.834. The standard InChI is InChI=1S/C27H24N2O3/c1-18-25(27(30)22-9-4-7-19-6-2-3-8-21(19)22)23-10-5-11-24-26(23)29(18)20(17-32-24)16-28-12-14-31-15-13-28/h2-11,17H,12-16H2,1H3. The molecule has 32 heavy (non-hydrogen) atoms. The molecule has 1 fully saturated rings. The third-order valence-corrected chi connectivity index (χ3v) is 6.55. The van der Waals surface area contributed by atoms with Gasteiger partial charge in [0.05, 0.1) is 30.0 Å². The number of ketones is 1. The van der Waals surface area contributed by atoms with Crippen molar-refractivity contribution in [3.05, 3.63) is 83.7 Å². The van der Waals surface area contributed by atoms with E-state index >= 15 is 0 Å². The molecule has 0 N–H and O–H groups in total. The molecule has 3 heterocycles. The van der Waals surface area contributed by atoms with Gasteiger partial charge in [-0.3, -0.25) is 9.69 Å². The Morgan fingerprint density at radius 2 is 1.69 bits per heavy atom. The fourth-order valence-electron chi connectivity index (χ4n) is 5.01. The van der Waals surface area contributed by atoms with Crippen LogP contribution in [0.4, 0.5) is 0 Å². The van der Waals surface area contributed by atoms with Gasteiger partial charge in [-0.05, 0) is 23.8 Å². The minimum Gasteiger partial charge on any atom is -0.461 e. The van der Waals surface area contributed by atoms with Crippen molar-refractivity contribution in [3.8, 4) is 5.75 Å². The number of nitrogens with zero attached hydrogens (tertiary/aromatic N) is 2. The molecule has 2 aliphatic rings. The zero-order valence-corrected chi connectivity index (χ0v) is 18.0. The molecule has 3 aromatic carbocycles. The lowest BCUT2D eigenvalue weighted by Crippen LogP contribution is -2.38. The maximum Gasteiger partial charge on any atom is 0.196 e. The molecule has 0 unspecified atom stereocenters. The maximum atomic E-state index is 14.0. The summed E-state index contributed by atoms with van der Waals surface area (Å²) in [7, 11) is 0. The lowest BCUT2D eigenvalue weighted by atomic mass is 9.95. The molecular formula is C27H24N2O3. The molecule has 2 aliphatic heterocycles. The monoisotopic (exact) mass is 424 g/mol. The normalized spacial score (nSPS) is 16.2. The molecule has 1 aromatic heterocycles. The van der Waals surface area contributed by atoms with Crippen molar-refractivity contribution in [2.45, 2.75) is 6.92 Å². The van der Waals surface area contributed by atoms with Crippen LogP contribution in [-0.2, 0) is 4.74 Å². The topological polar surface area (TPSA) is 43.7 Å². The molecule has 0 bridgehead atoms. The number of ether oxygens (including phenoxy) is 2. The molecule has 0 saturated carbocycles. The Bertz CT molecular complexity index is 1390. The largest absolute Gasteiger partial charge is 0.461 e. The van der Waals surface area contributed by atoms with Gasteiger partial charge in [-0.25, -0.2) is 0 Å². The number of hydrogen-bond acceptors (Lipinski definition) is 4. The van der Waals surface area contributed by atoms with E-state index in [0.29, 0.717) is 0 Å². The number of carbonyl (C=O) groups is 1. The van der Waals surface area contributed by atoms with E-state index in [4.69, 9.17) is 9.47 Å². The van der Waals surface area contributed by atoms with E-state index in [9.17, 15) is 4.79 Å². The number of rotatable bonds is 4. The van der Waals surface area contributed by atoms with Crippen molar-refractivity contribution in [2.75, 3.05) is 32.8 Å². The molecule has 5 nitrogen and oxygen atoms in total. The molecule has 5 heteroatoms. The predicted octanol–water partition coefficient (Wildman–Crippen LogP) is 4.86. The van der Waals surface area contributed by atoms with E-state index in [1.54, 1.807) is 0 Å². The Labute approximate surface area is 186 Å². The molecule has 0 amide bonds. The smallest absolute Gasteiger partial charge is 0.196 e. The first-order valence-electron chi connectivity index (χ1n) is 11.0. The first-order chi connectivity index (χ1) is 15.7. The summed E-state index contributed by atoms with van der Waals surface area (Å²) in [6, 6.07) is 19.9. The van der Waals surface area contributed by atoms with Crippen molar-refractivity contribution in [1.82, 2.24) is 9.47 Å². The van der Waals surface area contributed by atoms with Gasteiger partial charge in [0.2, 0.25) is 0 Å². The lowest BCUT2D eigenvalue weighted by Gasteiger charge is -2.29. The predicted molar refractivity (Wildman–Crippen MR) is 126 cm³/mol. The van der Waals surface area contributed by atoms with Gasteiger partial charge in [-0.2, -0.15) is 0 Å². The molecule has 0 aliphatic carbocycles. The van der Waals surface area contributed by atoms with Crippen LogP contribution in [0, 0.1) is 6.92 Å². The molecular weight excluding hydrogens is 400 g/mol. The fraction of sp³-hybridized carbons (Fsp3) is 0.222. The quantitative estimate of drug-likeness (QED) is 0.439. The number of fused-ring (bicyclic) bond motifs is 1. The average Bonchev–Trinajstić information content (AvgIpc) is 3.14. The van der Waals surface area contributed by atoms with Crippen LogP contribution < -0.4 is 4.74 Å². The second-order valence-corrected chi connectivity index (χ2v) is 8.42. The van der Waals surface area contributed by atoms with Crippen LogP contribution in [0.2, 0.25) is 0 Å². The van der Waals surface area contributed by atoms with Crippen molar-refractivity contribution in [2.24, 2.45) is 0 Å². The van der Waals surface area contributed by atoms with Crippen LogP contribution in [0.15, 0.2) is 66.9 Å². The molecule has 1 saturated heterocycles. The summed E-state index contributed by atoms with van der Waals surface area (Å²) < 4.78 is 13.7. The Morgan fingerprint density at radius 3 is 2.56 bits per heavy atom. The minimum absolute atomic E-state index is 0.0489. The van der Waals surface area contributed by atoms with Gasteiger partial charge in [-0.15, -0.1) is 0 Å². The summed E-state index contributed by atoms with van der Waals surface area (Å²) in [5, 5.41) is 2.98. The third kappa shape index (κ3) is 2.97. The van der Waals surface area contributed by atoms with Gasteiger partial charge >= 0.3 is 0 Å². The lowest BCUT2D eigenvalue weighted by molar-refractivity contribution is 0.0438. The van der Waals surface area contributed by atoms with Gasteiger partial charge in [0.25, 0.3) is 0 Å². The zero-order chi connectivity index (χ0) is 21.7. The molecule has 6 rings (SSSR count). The van der Waals surface area contributed by atoms with E-state index in [2.05, 4.69) is 9.47 Å². The van der Waals surface area contributed by atoms with Crippen LogP contribution in [0.5, 0.6) is 5.75 Å². The molecule has 0 radical (unpaired) electrons. The first-order valence-corrected chi connectivity index (χ1v) is 11.0. The van der Waals surface area contributed by atoms with Gasteiger partial charge in [-0.1, -0.05) is 54.6 Å². The van der Waals surface area contributed by atoms with Crippen molar-refractivity contribution >= 4 is 33.2 Å². The molecule has 4 aromatic rings. The van der Waals surface area contributed by atoms with Crippen molar-refractivity contribution < 1.29 is 14.3 Å². The van der Waals surface area contributed by atoms with E-state index in [1.165, 1.54) is 0 Å². The second kappa shape index (κ2) is 7.62. The second-order valence-electron chi connectivity index (χ2n) is 8.42. The van der Waals surface area contributed by atoms with Crippen LogP contribution in [0.1, 0.15) is 21.6 Å². The Hall–Kier alpha value is -3.41. The maximum absolute atomic E-state index is 14.0. The summed E-state index contributed by atoms with van der Waals surface area (Å²) in [6.07, 6.45) is 1.83. The summed E-state index contributed by atoms with van der Waals surface area (Å²) >= 11 is 0. The minimum atomic E-state index is 0.0489. The van der Waals surface area contributed by atoms with Gasteiger partial charge in [0.15, 0.2) is 11.5 Å². The summed E-state index contributed by atoms with van der Waals surface area (Å²) in [6.45, 7) is 6.07. The number of carbonyl (C=O) groups excluding carboxylic acids is 1. The number of aromatic nitrogens is 1. The van der Waals surface area contributed by atoms with Gasteiger partial charge in [0.1, 0.15) is 6.26 Å². The number of benzene rings is 3. The molecule has 0 atom stereocenters. The number of morpholine rings is 1. The summed E-state index contributed by atoms with van der Waals surface area (Å²) in [4.78, 5) is 16.3. The van der Waals surface area contributed by atoms with Crippen LogP contribution in [0.25, 0.3) is 27.4 Å². The number of hydrogen-bond donors (Lipinski definition) is 0. The SMILES string of the molecule is Cc1c(C(=O)c2cccc3ccccc23)c2cccc3c2n1C(CN1CCOCC1)=CO3. The van der Waals surface area contributed by atoms with E-state index in [-0.39, 0.29) is 5.78 Å². The number of para-hydroxylation sites is 1. The van der Waals surface area contributed by atoms with E-state index in [0.717, 1.165) is 82.8 Å². The van der Waals surface area contributed by atoms with Crippen LogP contribution in [-0.4, -0.2) is 48.1 Å². The fourth-order valence-corrected chi connectivity index (χ4v) is 5.01. The highest BCUT2D eigenvalue weighted by atomic mass is 16.5. The Kier molecular flexibility index (Phi) is 4.59. The van der Waals surface area contributed by atoms with Crippen LogP contribution >= 0.6 is 0 Å². The van der Waals surface area contributed by atoms with E-state index < -0.39 is 0 Å². The van der Waals surface area contributed by atoms with Crippen molar-refractivity contribution in [3.63, 3.8) is 0 Å². The van der Waals surface area contributed by atoms with Crippen molar-refractivity contribution in [1.29, 1.82) is 0 Å². The highest BCUT2D eigenvalue weighted by molar-refractivity contribution is 6.23. The molecule has 160 valence electrons. The van der Waals surface area contributed by atoms with Gasteiger partial charge in [0, 0.05) is 36.3 Å². The Balaban J connectivity index is 1.51. The first kappa shape index (κ1) is 19.3. The average molecular weight is 425 g/mol. The summed E-state index contributed by atoms with van der Waals surface area (Å²) in [5.41, 5.74) is 4.45. The third-order valence-electron chi connectivity index (χ3n) is 6.55. The molecule has 0 spiro atoms. The highest BCUT2D eigenvalue weighted by Gasteiger charge is 2.28. The van der Waals surface area contributed by atoms with Gasteiger partial charge < -0.3 is 14.0 Å². The van der Waals surface area contributed by atoms with E-state index in [1.807, 2.05) is 73.8 Å². The van der Waals surface area contributed by atoms with Crippen LogP contribution in [0.3, 0.4) is 0 Å². The Morgan fingerprint density at radius 1 is 0.938 bits per heavy atom.